The van der Waals surface area contributed by atoms with Crippen molar-refractivity contribution in [1.82, 2.24) is 5.09 Å². The van der Waals surface area contributed by atoms with E-state index in [4.69, 9.17) is 9.79 Å². The Bertz CT molecular complexity index is 112. The van der Waals surface area contributed by atoms with Crippen LogP contribution in [0.25, 0.3) is 0 Å². The van der Waals surface area contributed by atoms with Crippen LogP contribution < -0.4 is 5.09 Å². The van der Waals surface area contributed by atoms with Gasteiger partial charge in [0.1, 0.15) is 0 Å². The summed E-state index contributed by atoms with van der Waals surface area (Å²) in [7, 11) is -3.97. The molecule has 0 aromatic rings. The lowest BCUT2D eigenvalue weighted by Gasteiger charge is -2.07. The minimum absolute atomic E-state index is 0. The van der Waals surface area contributed by atoms with Crippen molar-refractivity contribution >= 4 is 20.2 Å². The zero-order valence-electron chi connectivity index (χ0n) is 5.24. The lowest BCUT2D eigenvalue weighted by Crippen LogP contribution is -2.18. The van der Waals surface area contributed by atoms with Gasteiger partial charge >= 0.3 is 7.75 Å². The van der Waals surface area contributed by atoms with Gasteiger partial charge < -0.3 is 9.79 Å². The van der Waals surface area contributed by atoms with Crippen LogP contribution in [0.5, 0.6) is 0 Å². The quantitative estimate of drug-likeness (QED) is 0.535. The van der Waals surface area contributed by atoms with E-state index in [0.717, 1.165) is 0 Å². The Balaban J connectivity index is 0. The smallest absolute Gasteiger partial charge is 0.313 e. The van der Waals surface area contributed by atoms with Crippen LogP contribution in [0.4, 0.5) is 0 Å². The fourth-order valence-electron chi connectivity index (χ4n) is 0.336. The molecule has 0 aliphatic heterocycles. The molecule has 0 rings (SSSR count). The average Bonchev–Trinajstić information content (AvgIpc) is 1.21. The highest BCUT2D eigenvalue weighted by molar-refractivity contribution is 7.49. The van der Waals surface area contributed by atoms with Gasteiger partial charge in [0.25, 0.3) is 0 Å². The second-order valence-electron chi connectivity index (χ2n) is 1.83. The molecule has 0 atom stereocenters. The van der Waals surface area contributed by atoms with Gasteiger partial charge in [-0.2, -0.15) is 0 Å². The molecule has 0 spiro atoms. The lowest BCUT2D eigenvalue weighted by molar-refractivity contribution is 0.351. The Kier molecular flexibility index (Phi) is 5.72. The molecule has 0 saturated heterocycles. The third-order valence-electron chi connectivity index (χ3n) is 0.426. The number of rotatable bonds is 2. The molecule has 0 saturated carbocycles. The van der Waals surface area contributed by atoms with Crippen LogP contribution in [0.2, 0.25) is 0 Å². The summed E-state index contributed by atoms with van der Waals surface area (Å²) in [4.78, 5) is 16.4. The molecule has 0 aromatic heterocycles. The summed E-state index contributed by atoms with van der Waals surface area (Å²) in [5, 5.41) is 2.05. The predicted molar refractivity (Wildman–Crippen MR) is 37.6 cm³/mol. The van der Waals surface area contributed by atoms with Crippen LogP contribution in [0.15, 0.2) is 0 Å². The molecule has 0 aromatic carbocycles. The summed E-state index contributed by atoms with van der Waals surface area (Å²) in [5.74, 6) is 0. The van der Waals surface area contributed by atoms with Crippen molar-refractivity contribution < 1.29 is 14.4 Å². The van der Waals surface area contributed by atoms with Crippen molar-refractivity contribution in [2.75, 3.05) is 0 Å². The van der Waals surface area contributed by atoms with E-state index in [2.05, 4.69) is 0 Å². The predicted octanol–water partition coefficient (Wildman–Crippen LogP) is 0.499. The second kappa shape index (κ2) is 4.25. The van der Waals surface area contributed by atoms with Crippen LogP contribution in [-0.2, 0) is 4.57 Å². The zero-order chi connectivity index (χ0) is 6.78. The molecule has 0 amide bonds. The summed E-state index contributed by atoms with van der Waals surface area (Å²) < 4.78 is 10.0. The monoisotopic (exact) mass is 175 g/mol. The first-order chi connectivity index (χ1) is 3.42. The molecule has 58 valence electrons. The van der Waals surface area contributed by atoms with Crippen molar-refractivity contribution in [3.63, 3.8) is 0 Å². The first-order valence-electron chi connectivity index (χ1n) is 2.25. The third-order valence-corrected chi connectivity index (χ3v) is 1.28. The molecule has 0 aliphatic carbocycles. The number of halogens is 1. The Morgan fingerprint density at radius 2 is 1.78 bits per heavy atom. The first kappa shape index (κ1) is 12.1. The van der Waals surface area contributed by atoms with E-state index in [1.165, 1.54) is 0 Å². The van der Waals surface area contributed by atoms with E-state index in [-0.39, 0.29) is 18.4 Å². The topological polar surface area (TPSA) is 69.6 Å². The Hall–Kier alpha value is 0.400. The number of hydrogen-bond acceptors (Lipinski definition) is 1. The van der Waals surface area contributed by atoms with E-state index in [1.807, 2.05) is 5.09 Å². The van der Waals surface area contributed by atoms with Gasteiger partial charge in [-0.1, -0.05) is 0 Å². The molecule has 0 radical (unpaired) electrons. The highest BCUT2D eigenvalue weighted by atomic mass is 35.5. The average molecular weight is 176 g/mol. The van der Waals surface area contributed by atoms with Gasteiger partial charge in [0.2, 0.25) is 0 Å². The molecule has 9 heavy (non-hydrogen) atoms. The summed E-state index contributed by atoms with van der Waals surface area (Å²) in [6.45, 7) is 3.33. The number of nitrogens with one attached hydrogen (secondary N) is 1. The largest absolute Gasteiger partial charge is 0.400 e. The van der Waals surface area contributed by atoms with Crippen LogP contribution in [0.3, 0.4) is 0 Å². The molecular weight excluding hydrogens is 164 g/mol. The van der Waals surface area contributed by atoms with Gasteiger partial charge in [-0.15, -0.1) is 12.4 Å². The van der Waals surface area contributed by atoms with Crippen LogP contribution in [0.1, 0.15) is 13.8 Å². The van der Waals surface area contributed by atoms with Crippen LogP contribution in [0, 0.1) is 0 Å². The zero-order valence-corrected chi connectivity index (χ0v) is 6.95. The standard InChI is InChI=1S/C3H10NO3P.ClH/c1-3(2)4-8(5,6)7;/h3H,1-2H3,(H3,4,5,6,7);1H. The molecule has 0 fully saturated rings. The Morgan fingerprint density at radius 1 is 1.44 bits per heavy atom. The van der Waals surface area contributed by atoms with E-state index < -0.39 is 7.75 Å². The summed E-state index contributed by atoms with van der Waals surface area (Å²) >= 11 is 0. The molecular formula is C3H11ClNO3P. The SMILES string of the molecule is CC(C)NP(=O)(O)O.Cl. The van der Waals surface area contributed by atoms with Crippen molar-refractivity contribution in [2.45, 2.75) is 19.9 Å². The highest BCUT2D eigenvalue weighted by Gasteiger charge is 2.12. The molecule has 3 N–H and O–H groups in total. The number of hydrogen-bond donors (Lipinski definition) is 3. The van der Waals surface area contributed by atoms with Gasteiger partial charge in [0.15, 0.2) is 0 Å². The van der Waals surface area contributed by atoms with Crippen molar-refractivity contribution in [3.05, 3.63) is 0 Å². The van der Waals surface area contributed by atoms with E-state index >= 15 is 0 Å². The molecule has 0 heterocycles. The second-order valence-corrected chi connectivity index (χ2v) is 3.17. The Morgan fingerprint density at radius 3 is 1.78 bits per heavy atom. The van der Waals surface area contributed by atoms with Crippen LogP contribution in [-0.4, -0.2) is 15.8 Å². The third kappa shape index (κ3) is 11.8. The van der Waals surface area contributed by atoms with Crippen molar-refractivity contribution in [1.29, 1.82) is 0 Å². The van der Waals surface area contributed by atoms with E-state index in [1.54, 1.807) is 13.8 Å². The fraction of sp³-hybridized carbons (Fsp3) is 1.00. The molecule has 0 bridgehead atoms. The lowest BCUT2D eigenvalue weighted by atomic mass is 10.4. The molecule has 6 heteroatoms. The highest BCUT2D eigenvalue weighted by Crippen LogP contribution is 2.28. The fourth-order valence-corrected chi connectivity index (χ4v) is 1.01. The minimum atomic E-state index is -3.97. The molecule has 0 aliphatic rings. The first-order valence-corrected chi connectivity index (χ1v) is 3.86. The summed E-state index contributed by atoms with van der Waals surface area (Å²) in [6.07, 6.45) is 0. The van der Waals surface area contributed by atoms with Crippen molar-refractivity contribution in [2.24, 2.45) is 0 Å². The molecule has 0 unspecified atom stereocenters. The van der Waals surface area contributed by atoms with Gasteiger partial charge in [0.05, 0.1) is 0 Å². The summed E-state index contributed by atoms with van der Waals surface area (Å²) in [6, 6.07) is -0.171. The maximum absolute atomic E-state index is 10.0. The summed E-state index contributed by atoms with van der Waals surface area (Å²) in [5.41, 5.74) is 0. The van der Waals surface area contributed by atoms with Gasteiger partial charge in [-0.3, -0.25) is 0 Å². The Labute approximate surface area is 60.3 Å². The normalized spacial score (nSPS) is 11.2. The van der Waals surface area contributed by atoms with E-state index in [9.17, 15) is 4.57 Å². The van der Waals surface area contributed by atoms with Gasteiger partial charge in [-0.25, -0.2) is 9.65 Å². The van der Waals surface area contributed by atoms with Crippen LogP contribution >= 0.6 is 20.2 Å². The van der Waals surface area contributed by atoms with Crippen molar-refractivity contribution in [3.8, 4) is 0 Å². The molecule has 4 nitrogen and oxygen atoms in total. The maximum atomic E-state index is 10.0. The minimum Gasteiger partial charge on any atom is -0.313 e. The van der Waals surface area contributed by atoms with Gasteiger partial charge in [-0.05, 0) is 13.8 Å². The maximum Gasteiger partial charge on any atom is 0.400 e. The van der Waals surface area contributed by atoms with Gasteiger partial charge in [0, 0.05) is 6.04 Å². The van der Waals surface area contributed by atoms with E-state index in [0.29, 0.717) is 0 Å².